The van der Waals surface area contributed by atoms with E-state index < -0.39 is 0 Å². The fourth-order valence-electron chi connectivity index (χ4n) is 3.29. The lowest BCUT2D eigenvalue weighted by atomic mass is 10.00. The third-order valence-corrected chi connectivity index (χ3v) is 4.60. The summed E-state index contributed by atoms with van der Waals surface area (Å²) in [5, 5.41) is 0. The van der Waals surface area contributed by atoms with E-state index in [1.165, 1.54) is 25.0 Å². The Morgan fingerprint density at radius 3 is 2.48 bits per heavy atom. The third kappa shape index (κ3) is 4.31. The molecule has 1 atom stereocenters. The topological polar surface area (TPSA) is 54.9 Å². The van der Waals surface area contributed by atoms with Gasteiger partial charge in [-0.1, -0.05) is 13.8 Å². The van der Waals surface area contributed by atoms with Crippen LogP contribution in [0.25, 0.3) is 5.53 Å². The molecule has 1 aliphatic carbocycles. The molecule has 5 heteroatoms. The predicted octanol–water partition coefficient (Wildman–Crippen LogP) is 3.29. The van der Waals surface area contributed by atoms with E-state index in [-0.39, 0.29) is 6.10 Å². The molecular formula is C18H30N3O2+. The molecule has 2 aliphatic rings. The van der Waals surface area contributed by atoms with Gasteiger partial charge in [-0.05, 0) is 32.1 Å². The quantitative estimate of drug-likeness (QED) is 0.410. The first-order valence-electron chi connectivity index (χ1n) is 8.90. The second-order valence-corrected chi connectivity index (χ2v) is 6.63. The van der Waals surface area contributed by atoms with Crippen LogP contribution in [0.2, 0.25) is 0 Å². The van der Waals surface area contributed by atoms with Crippen LogP contribution in [-0.2, 0) is 9.47 Å². The van der Waals surface area contributed by atoms with Crippen LogP contribution in [0.4, 0.5) is 0 Å². The fraction of sp³-hybridized carbons (Fsp3) is 0.722. The van der Waals surface area contributed by atoms with Crippen LogP contribution in [0, 0.1) is 0 Å². The van der Waals surface area contributed by atoms with Crippen molar-refractivity contribution >= 4 is 5.71 Å². The van der Waals surface area contributed by atoms with Gasteiger partial charge < -0.3 is 15.0 Å². The number of likely N-dealkylation sites (N-methyl/N-ethyl adjacent to an activating group) is 1. The van der Waals surface area contributed by atoms with Crippen molar-refractivity contribution in [3.8, 4) is 0 Å². The van der Waals surface area contributed by atoms with Crippen molar-refractivity contribution in [2.45, 2.75) is 52.1 Å². The fourth-order valence-corrected chi connectivity index (χ4v) is 3.29. The maximum atomic E-state index is 9.34. The maximum absolute atomic E-state index is 9.34. The molecule has 128 valence electrons. The monoisotopic (exact) mass is 320 g/mol. The number of nitrogens with zero attached hydrogens (tertiary/aromatic N) is 3. The van der Waals surface area contributed by atoms with Gasteiger partial charge in [0.2, 0.25) is 0 Å². The number of piperidine rings is 1. The maximum Gasteiger partial charge on any atom is 0.328 e. The molecule has 0 aromatic carbocycles. The Hall–Kier alpha value is -1.42. The zero-order valence-corrected chi connectivity index (χ0v) is 14.8. The smallest absolute Gasteiger partial charge is 0.328 e. The summed E-state index contributed by atoms with van der Waals surface area (Å²) >= 11 is 0. The van der Waals surface area contributed by atoms with Gasteiger partial charge in [0.25, 0.3) is 0 Å². The summed E-state index contributed by atoms with van der Waals surface area (Å²) in [5.41, 5.74) is 11.0. The van der Waals surface area contributed by atoms with Gasteiger partial charge in [-0.15, -0.1) is 0 Å². The Morgan fingerprint density at radius 1 is 1.17 bits per heavy atom. The van der Waals surface area contributed by atoms with Crippen LogP contribution in [0.15, 0.2) is 23.6 Å². The first-order chi connectivity index (χ1) is 11.1. The lowest BCUT2D eigenvalue weighted by Crippen LogP contribution is -2.49. The molecule has 1 unspecified atom stereocenters. The van der Waals surface area contributed by atoms with E-state index in [1.54, 1.807) is 0 Å². The van der Waals surface area contributed by atoms with E-state index in [0.29, 0.717) is 18.9 Å². The molecule has 0 amide bonds. The molecule has 1 fully saturated rings. The molecule has 1 saturated heterocycles. The number of hydrogen-bond donors (Lipinski definition) is 0. The SMILES string of the molecule is CCCOC1=CC(=[N+]=[N-])C(OCCC)C=C1[N+]1(C)CCCCC1. The van der Waals surface area contributed by atoms with Crippen LogP contribution < -0.4 is 0 Å². The molecule has 5 nitrogen and oxygen atoms in total. The van der Waals surface area contributed by atoms with Gasteiger partial charge in [0, 0.05) is 12.7 Å². The van der Waals surface area contributed by atoms with Gasteiger partial charge in [-0.25, -0.2) is 0 Å². The third-order valence-electron chi connectivity index (χ3n) is 4.60. The average molecular weight is 320 g/mol. The number of rotatable bonds is 7. The van der Waals surface area contributed by atoms with Crippen molar-refractivity contribution in [2.24, 2.45) is 0 Å². The van der Waals surface area contributed by atoms with E-state index in [4.69, 9.17) is 9.47 Å². The highest BCUT2D eigenvalue weighted by Gasteiger charge is 2.39. The Bertz CT molecular complexity index is 512. The summed E-state index contributed by atoms with van der Waals surface area (Å²) in [6.45, 7) is 7.72. The second-order valence-electron chi connectivity index (χ2n) is 6.63. The number of hydrogen-bond acceptors (Lipinski definition) is 2. The lowest BCUT2D eigenvalue weighted by Gasteiger charge is -2.40. The summed E-state index contributed by atoms with van der Waals surface area (Å²) in [6.07, 6.45) is 9.32. The Balaban J connectivity index is 2.32. The van der Waals surface area contributed by atoms with Crippen molar-refractivity contribution in [3.05, 3.63) is 29.1 Å². The highest BCUT2D eigenvalue weighted by Crippen LogP contribution is 2.32. The highest BCUT2D eigenvalue weighted by atomic mass is 16.5. The van der Waals surface area contributed by atoms with E-state index in [1.807, 2.05) is 6.08 Å². The number of ether oxygens (including phenoxy) is 2. The number of quaternary nitrogens is 1. The second kappa shape index (κ2) is 8.44. The molecule has 2 rings (SSSR count). The number of likely N-dealkylation sites (tertiary alicyclic amines) is 1. The van der Waals surface area contributed by atoms with Gasteiger partial charge in [0.1, 0.15) is 0 Å². The summed E-state index contributed by atoms with van der Waals surface area (Å²) in [6, 6.07) is 0. The molecule has 1 heterocycles. The molecule has 0 spiro atoms. The summed E-state index contributed by atoms with van der Waals surface area (Å²) in [5.74, 6) is 0.834. The molecule has 23 heavy (non-hydrogen) atoms. The van der Waals surface area contributed by atoms with Crippen molar-refractivity contribution in [1.82, 2.24) is 0 Å². The Labute approximate surface area is 139 Å². The Kier molecular flexibility index (Phi) is 6.58. The van der Waals surface area contributed by atoms with E-state index >= 15 is 0 Å². The van der Waals surface area contributed by atoms with Crippen molar-refractivity contribution in [2.75, 3.05) is 33.4 Å². The largest absolute Gasteiger partial charge is 0.487 e. The minimum absolute atomic E-state index is 0.291. The molecule has 0 aromatic heterocycles. The van der Waals surface area contributed by atoms with Crippen molar-refractivity contribution in [3.63, 3.8) is 0 Å². The van der Waals surface area contributed by atoms with E-state index in [0.717, 1.165) is 36.2 Å². The first-order valence-corrected chi connectivity index (χ1v) is 8.90. The zero-order chi connectivity index (χ0) is 16.7. The van der Waals surface area contributed by atoms with Gasteiger partial charge in [0.05, 0.1) is 32.8 Å². The van der Waals surface area contributed by atoms with Crippen molar-refractivity contribution < 1.29 is 18.7 Å². The first kappa shape index (κ1) is 17.9. The molecule has 0 bridgehead atoms. The Morgan fingerprint density at radius 2 is 1.87 bits per heavy atom. The summed E-state index contributed by atoms with van der Waals surface area (Å²) in [7, 11) is 2.27. The average Bonchev–Trinajstić information content (AvgIpc) is 2.58. The molecule has 0 N–H and O–H groups in total. The van der Waals surface area contributed by atoms with Crippen LogP contribution in [0.1, 0.15) is 46.0 Å². The summed E-state index contributed by atoms with van der Waals surface area (Å²) in [4.78, 5) is 3.43. The van der Waals surface area contributed by atoms with Crippen molar-refractivity contribution in [1.29, 1.82) is 0 Å². The minimum Gasteiger partial charge on any atom is -0.487 e. The zero-order valence-electron chi connectivity index (χ0n) is 14.8. The molecular weight excluding hydrogens is 290 g/mol. The lowest BCUT2D eigenvalue weighted by molar-refractivity contribution is -0.876. The van der Waals surface area contributed by atoms with Gasteiger partial charge in [0.15, 0.2) is 17.6 Å². The van der Waals surface area contributed by atoms with E-state index in [2.05, 4.69) is 31.8 Å². The van der Waals surface area contributed by atoms with Gasteiger partial charge in [-0.2, -0.15) is 4.79 Å². The normalized spacial score (nSPS) is 23.8. The molecule has 0 radical (unpaired) electrons. The standard InChI is InChI=1S/C18H30N3O2/c1-4-11-22-17-14-16(21(3)9-7-6-8-10-21)18(23-12-5-2)13-15(17)20-19/h13-14,17H,4-12H2,1-3H3/q+1. The van der Waals surface area contributed by atoms with Gasteiger partial charge in [-0.3, -0.25) is 4.48 Å². The van der Waals surface area contributed by atoms with Gasteiger partial charge >= 0.3 is 5.71 Å². The van der Waals surface area contributed by atoms with Crippen LogP contribution in [0.5, 0.6) is 0 Å². The highest BCUT2D eigenvalue weighted by molar-refractivity contribution is 5.97. The molecule has 0 aromatic rings. The van der Waals surface area contributed by atoms with Crippen LogP contribution in [0.3, 0.4) is 0 Å². The molecule has 1 aliphatic heterocycles. The van der Waals surface area contributed by atoms with E-state index in [9.17, 15) is 5.53 Å². The minimum atomic E-state index is -0.291. The molecule has 0 saturated carbocycles. The van der Waals surface area contributed by atoms with Crippen LogP contribution >= 0.6 is 0 Å². The van der Waals surface area contributed by atoms with Crippen LogP contribution in [-0.4, -0.2) is 54.4 Å². The predicted molar refractivity (Wildman–Crippen MR) is 90.8 cm³/mol. The summed E-state index contributed by atoms with van der Waals surface area (Å²) < 4.78 is 12.7.